The summed E-state index contributed by atoms with van der Waals surface area (Å²) in [7, 11) is -2.55. The summed E-state index contributed by atoms with van der Waals surface area (Å²) in [6, 6.07) is 22.1. The van der Waals surface area contributed by atoms with Crippen LogP contribution >= 0.6 is 0 Å². The van der Waals surface area contributed by atoms with E-state index in [0.29, 0.717) is 19.6 Å². The van der Waals surface area contributed by atoms with E-state index in [0.717, 1.165) is 51.4 Å². The number of aryl methyl sites for hydroxylation is 1. The van der Waals surface area contributed by atoms with Gasteiger partial charge in [-0.1, -0.05) is 29.8 Å². The summed E-state index contributed by atoms with van der Waals surface area (Å²) in [6.07, 6.45) is 2.07. The Hall–Kier alpha value is -4.12. The Morgan fingerprint density at radius 1 is 0.833 bits per heavy atom. The van der Waals surface area contributed by atoms with E-state index in [1.54, 1.807) is 12.1 Å². The van der Waals surface area contributed by atoms with Crippen molar-refractivity contribution in [1.82, 2.24) is 18.6 Å². The van der Waals surface area contributed by atoms with Gasteiger partial charge in [-0.25, -0.2) is 22.2 Å². The van der Waals surface area contributed by atoms with Gasteiger partial charge in [0.2, 0.25) is 10.0 Å². The number of aromatic nitrogens is 2. The molecule has 1 aliphatic rings. The van der Waals surface area contributed by atoms with Crippen LogP contribution in [0.15, 0.2) is 90.0 Å². The smallest absolute Gasteiger partial charge is 0.246 e. The van der Waals surface area contributed by atoms with Crippen molar-refractivity contribution < 1.29 is 21.9 Å². The zero-order valence-corrected chi connectivity index (χ0v) is 24.1. The topological polar surface area (TPSA) is 67.2 Å². The highest BCUT2D eigenvalue weighted by Crippen LogP contribution is 2.31. The van der Waals surface area contributed by atoms with Crippen molar-refractivity contribution in [2.24, 2.45) is 0 Å². The molecule has 216 valence electrons. The van der Waals surface area contributed by atoms with Crippen molar-refractivity contribution in [3.05, 3.63) is 108 Å². The molecule has 1 saturated heterocycles. The second-order valence-electron chi connectivity index (χ2n) is 10.4. The monoisotopic (exact) mass is 588 g/mol. The lowest BCUT2D eigenvalue weighted by Crippen LogP contribution is -2.48. The molecule has 1 aliphatic heterocycles. The number of pyridine rings is 1. The van der Waals surface area contributed by atoms with Gasteiger partial charge in [-0.2, -0.15) is 4.31 Å². The third-order valence-corrected chi connectivity index (χ3v) is 9.57. The zero-order valence-electron chi connectivity index (χ0n) is 23.3. The van der Waals surface area contributed by atoms with Crippen molar-refractivity contribution in [2.75, 3.05) is 33.3 Å². The summed E-state index contributed by atoms with van der Waals surface area (Å²) >= 11 is 0. The maximum Gasteiger partial charge on any atom is 0.246 e. The molecule has 3 aromatic carbocycles. The molecule has 5 aromatic rings. The van der Waals surface area contributed by atoms with E-state index in [-0.39, 0.29) is 29.6 Å². The van der Waals surface area contributed by atoms with E-state index in [1.807, 2.05) is 18.2 Å². The molecule has 42 heavy (non-hydrogen) atoms. The fourth-order valence-electron chi connectivity index (χ4n) is 5.41. The van der Waals surface area contributed by atoms with E-state index >= 15 is 0 Å². The molecule has 10 heteroatoms. The van der Waals surface area contributed by atoms with Gasteiger partial charge < -0.3 is 9.14 Å². The van der Waals surface area contributed by atoms with E-state index in [1.165, 1.54) is 29.6 Å². The van der Waals surface area contributed by atoms with Gasteiger partial charge in [0.1, 0.15) is 27.9 Å². The first-order valence-electron chi connectivity index (χ1n) is 13.6. The number of ether oxygens (including phenoxy) is 1. The highest BCUT2D eigenvalue weighted by Gasteiger charge is 2.31. The Balaban J connectivity index is 1.31. The van der Waals surface area contributed by atoms with Crippen LogP contribution in [0.4, 0.5) is 8.78 Å². The number of piperazine rings is 1. The molecular weight excluding hydrogens is 558 g/mol. The van der Waals surface area contributed by atoms with E-state index in [4.69, 9.17) is 9.72 Å². The van der Waals surface area contributed by atoms with Gasteiger partial charge in [0, 0.05) is 50.6 Å². The molecule has 0 unspecified atom stereocenters. The summed E-state index contributed by atoms with van der Waals surface area (Å²) in [5.41, 5.74) is 6.55. The standard InChI is InChI=1S/C32H30F2N4O3S/c1-22-4-3-5-24(18-22)25-8-13-31-35-32(23-6-9-26(33)10-7-23)28(38(31)20-25)21-36-14-16-37(17-15-36)42(39,40)30-12-11-27(34)19-29(30)41-2/h3-13,18-20H,14-17,21H2,1-2H3. The quantitative estimate of drug-likeness (QED) is 0.242. The number of hydrogen-bond acceptors (Lipinski definition) is 5. The molecule has 0 amide bonds. The van der Waals surface area contributed by atoms with E-state index < -0.39 is 15.8 Å². The second kappa shape index (κ2) is 11.3. The molecule has 0 aliphatic carbocycles. The molecule has 3 heterocycles. The summed E-state index contributed by atoms with van der Waals surface area (Å²) in [4.78, 5) is 7.05. The minimum atomic E-state index is -3.87. The van der Waals surface area contributed by atoms with E-state index in [9.17, 15) is 17.2 Å². The van der Waals surface area contributed by atoms with Crippen LogP contribution in [0.1, 0.15) is 11.3 Å². The average molecular weight is 589 g/mol. The Morgan fingerprint density at radius 2 is 1.55 bits per heavy atom. The van der Waals surface area contributed by atoms with Gasteiger partial charge in [0.05, 0.1) is 18.5 Å². The van der Waals surface area contributed by atoms with Crippen LogP contribution in [0.25, 0.3) is 28.0 Å². The molecule has 0 saturated carbocycles. The summed E-state index contributed by atoms with van der Waals surface area (Å²) in [5, 5.41) is 0. The minimum absolute atomic E-state index is 0.0171. The van der Waals surface area contributed by atoms with Crippen molar-refractivity contribution in [1.29, 1.82) is 0 Å². The largest absolute Gasteiger partial charge is 0.495 e. The first-order chi connectivity index (χ1) is 20.2. The number of rotatable bonds is 7. The first-order valence-corrected chi connectivity index (χ1v) is 15.1. The zero-order chi connectivity index (χ0) is 29.4. The Bertz CT molecular complexity index is 1870. The third kappa shape index (κ3) is 5.40. The maximum atomic E-state index is 13.8. The fourth-order valence-corrected chi connectivity index (χ4v) is 6.97. The maximum absolute atomic E-state index is 13.8. The molecule has 1 fully saturated rings. The molecule has 6 rings (SSSR count). The van der Waals surface area contributed by atoms with Crippen LogP contribution in [0.5, 0.6) is 5.75 Å². The highest BCUT2D eigenvalue weighted by molar-refractivity contribution is 7.89. The van der Waals surface area contributed by atoms with Crippen LogP contribution in [-0.2, 0) is 16.6 Å². The Labute approximate surface area is 243 Å². The molecule has 0 bridgehead atoms. The summed E-state index contributed by atoms with van der Waals surface area (Å²) in [5.74, 6) is -0.899. The molecule has 0 radical (unpaired) electrons. The molecular formula is C32H30F2N4O3S. The van der Waals surface area contributed by atoms with Crippen molar-refractivity contribution in [3.8, 4) is 28.1 Å². The number of halogens is 2. The van der Waals surface area contributed by atoms with Crippen LogP contribution in [0, 0.1) is 18.6 Å². The highest BCUT2D eigenvalue weighted by atomic mass is 32.2. The molecule has 0 N–H and O–H groups in total. The Morgan fingerprint density at radius 3 is 2.26 bits per heavy atom. The van der Waals surface area contributed by atoms with Crippen LogP contribution in [0.2, 0.25) is 0 Å². The normalized spacial score (nSPS) is 14.9. The predicted octanol–water partition coefficient (Wildman–Crippen LogP) is 5.77. The van der Waals surface area contributed by atoms with Gasteiger partial charge in [0.15, 0.2) is 0 Å². The van der Waals surface area contributed by atoms with Crippen molar-refractivity contribution >= 4 is 15.7 Å². The van der Waals surface area contributed by atoms with Crippen molar-refractivity contribution in [3.63, 3.8) is 0 Å². The lowest BCUT2D eigenvalue weighted by atomic mass is 10.1. The van der Waals surface area contributed by atoms with Gasteiger partial charge >= 0.3 is 0 Å². The van der Waals surface area contributed by atoms with Crippen LogP contribution in [-0.4, -0.2) is 60.3 Å². The fraction of sp³-hybridized carbons (Fsp3) is 0.219. The van der Waals surface area contributed by atoms with Crippen LogP contribution < -0.4 is 4.74 Å². The van der Waals surface area contributed by atoms with Gasteiger partial charge in [0.25, 0.3) is 0 Å². The number of nitrogens with zero attached hydrogens (tertiary/aromatic N) is 4. The van der Waals surface area contributed by atoms with Gasteiger partial charge in [-0.3, -0.25) is 4.90 Å². The van der Waals surface area contributed by atoms with Gasteiger partial charge in [-0.05, 0) is 66.6 Å². The minimum Gasteiger partial charge on any atom is -0.495 e. The molecule has 7 nitrogen and oxygen atoms in total. The van der Waals surface area contributed by atoms with Gasteiger partial charge in [-0.15, -0.1) is 0 Å². The number of hydrogen-bond donors (Lipinski definition) is 0. The number of benzene rings is 3. The molecule has 0 atom stereocenters. The van der Waals surface area contributed by atoms with Crippen LogP contribution in [0.3, 0.4) is 0 Å². The molecule has 2 aromatic heterocycles. The number of sulfonamides is 1. The molecule has 0 spiro atoms. The average Bonchev–Trinajstić information content (AvgIpc) is 3.35. The summed E-state index contributed by atoms with van der Waals surface area (Å²) in [6.45, 7) is 4.06. The predicted molar refractivity (Wildman–Crippen MR) is 158 cm³/mol. The Kier molecular flexibility index (Phi) is 7.53. The summed E-state index contributed by atoms with van der Waals surface area (Å²) < 4.78 is 62.9. The second-order valence-corrected chi connectivity index (χ2v) is 12.3. The SMILES string of the molecule is COc1cc(F)ccc1S(=O)(=O)N1CCN(Cc2c(-c3ccc(F)cc3)nc3ccc(-c4cccc(C)c4)cn23)CC1. The third-order valence-electron chi connectivity index (χ3n) is 7.63. The first kappa shape index (κ1) is 28.0. The van der Waals surface area contributed by atoms with Crippen molar-refractivity contribution in [2.45, 2.75) is 18.4 Å². The lowest BCUT2D eigenvalue weighted by molar-refractivity contribution is 0.179. The lowest BCUT2D eigenvalue weighted by Gasteiger charge is -2.34. The number of fused-ring (bicyclic) bond motifs is 1. The van der Waals surface area contributed by atoms with E-state index in [2.05, 4.69) is 40.6 Å². The number of imidazole rings is 1. The number of methoxy groups -OCH3 is 1.